The summed E-state index contributed by atoms with van der Waals surface area (Å²) < 4.78 is 12.9. The second kappa shape index (κ2) is 15.3. The SMILES string of the molecule is C=CC1CC1(CC(=O)C1CC(Oc2cc(C3=CCC(CC(C)C)=C3)cc3cc(CC)ccc23)CC1C(=O)C(CC(=O)OC1CC2CC2C1)C(C)(C)C)C(C)=O. The maximum Gasteiger partial charge on any atom is 0.306 e. The third kappa shape index (κ3) is 8.35. The topological polar surface area (TPSA) is 86.7 Å². The summed E-state index contributed by atoms with van der Waals surface area (Å²) in [7, 11) is 0. The van der Waals surface area contributed by atoms with E-state index >= 15 is 0 Å². The van der Waals surface area contributed by atoms with Crippen LogP contribution in [0, 0.1) is 52.3 Å². The molecule has 4 saturated carbocycles. The zero-order chi connectivity index (χ0) is 39.4. The molecule has 8 unspecified atom stereocenters. The number of ketones is 3. The molecule has 0 radical (unpaired) electrons. The van der Waals surface area contributed by atoms with Crippen LogP contribution in [0.25, 0.3) is 16.3 Å². The molecule has 8 atom stereocenters. The van der Waals surface area contributed by atoms with Crippen LogP contribution < -0.4 is 4.74 Å². The second-order valence-electron chi connectivity index (χ2n) is 19.3. The predicted octanol–water partition coefficient (Wildman–Crippen LogP) is 10.6. The van der Waals surface area contributed by atoms with E-state index in [0.29, 0.717) is 37.0 Å². The fourth-order valence-electron chi connectivity index (χ4n) is 10.3. The van der Waals surface area contributed by atoms with Crippen LogP contribution in [0.1, 0.15) is 124 Å². The number of hydrogen-bond donors (Lipinski definition) is 0. The summed E-state index contributed by atoms with van der Waals surface area (Å²) in [6.45, 7) is 18.1. The molecule has 2 aromatic carbocycles. The van der Waals surface area contributed by atoms with Crippen LogP contribution in [0.15, 0.2) is 60.7 Å². The van der Waals surface area contributed by atoms with Crippen LogP contribution >= 0.6 is 0 Å². The molecule has 0 heterocycles. The molecule has 0 aliphatic heterocycles. The third-order valence-electron chi connectivity index (χ3n) is 13.8. The molecule has 6 heteroatoms. The van der Waals surface area contributed by atoms with E-state index in [4.69, 9.17) is 9.47 Å². The number of esters is 1. The van der Waals surface area contributed by atoms with E-state index in [0.717, 1.165) is 54.2 Å². The Balaban J connectivity index is 1.18. The molecule has 6 nitrogen and oxygen atoms in total. The summed E-state index contributed by atoms with van der Waals surface area (Å²) in [5.41, 5.74) is 3.72. The van der Waals surface area contributed by atoms with Gasteiger partial charge in [-0.15, -0.1) is 6.58 Å². The molecule has 0 bridgehead atoms. The van der Waals surface area contributed by atoms with Gasteiger partial charge in [-0.1, -0.05) is 83.5 Å². The van der Waals surface area contributed by atoms with E-state index in [2.05, 4.69) is 69.8 Å². The first kappa shape index (κ1) is 39.4. The Morgan fingerprint density at radius 1 is 0.964 bits per heavy atom. The molecule has 7 rings (SSSR count). The van der Waals surface area contributed by atoms with Gasteiger partial charge in [-0.05, 0) is 128 Å². The molecule has 55 heavy (non-hydrogen) atoms. The highest BCUT2D eigenvalue weighted by Crippen LogP contribution is 2.58. The molecular formula is C49H62O6. The van der Waals surface area contributed by atoms with Gasteiger partial charge in [0.15, 0.2) is 0 Å². The van der Waals surface area contributed by atoms with Crippen LogP contribution in [0.3, 0.4) is 0 Å². The highest BCUT2D eigenvalue weighted by molar-refractivity contribution is 5.98. The standard InChI is InChI=1S/C49H62O6/c1-9-30-12-14-40-36(16-30)19-35(32-13-11-31(17-32)15-28(3)4)22-45(40)54-39-23-41(44(51)27-49(29(5)50)26-37(49)10-2)42(24-39)47(53)43(48(6,7)8)25-46(52)55-38-20-33-18-34(33)21-38/h10,12-14,16-17,19,22,28,33-34,37-39,41-43H,2,9,11,15,18,20-21,23-27H2,1,3-8H3. The second-order valence-corrected chi connectivity index (χ2v) is 19.3. The summed E-state index contributed by atoms with van der Waals surface area (Å²) in [4.78, 5) is 55.7. The Hall–Kier alpha value is -3.80. The van der Waals surface area contributed by atoms with Gasteiger partial charge in [-0.25, -0.2) is 0 Å². The number of carbonyl (C=O) groups excluding carboxylic acids is 4. The van der Waals surface area contributed by atoms with Crippen molar-refractivity contribution < 1.29 is 28.7 Å². The normalized spacial score (nSPS) is 30.1. The average molecular weight is 747 g/mol. The fourth-order valence-corrected chi connectivity index (χ4v) is 10.3. The first-order chi connectivity index (χ1) is 26.1. The van der Waals surface area contributed by atoms with Crippen molar-refractivity contribution in [2.45, 2.75) is 131 Å². The molecule has 4 fully saturated rings. The maximum atomic E-state index is 14.9. The van der Waals surface area contributed by atoms with Gasteiger partial charge in [0.25, 0.3) is 0 Å². The minimum Gasteiger partial charge on any atom is -0.490 e. The highest BCUT2D eigenvalue weighted by atomic mass is 16.5. The molecular weight excluding hydrogens is 685 g/mol. The van der Waals surface area contributed by atoms with Gasteiger partial charge >= 0.3 is 5.97 Å². The van der Waals surface area contributed by atoms with Crippen LogP contribution in [-0.2, 0) is 30.3 Å². The largest absolute Gasteiger partial charge is 0.490 e. The first-order valence-electron chi connectivity index (χ1n) is 21.1. The Bertz CT molecular complexity index is 1930. The molecule has 0 saturated heterocycles. The average Bonchev–Trinajstić information content (AvgIpc) is 3.79. The predicted molar refractivity (Wildman–Crippen MR) is 218 cm³/mol. The monoisotopic (exact) mass is 746 g/mol. The van der Waals surface area contributed by atoms with Crippen LogP contribution in [-0.4, -0.2) is 35.5 Å². The van der Waals surface area contributed by atoms with Crippen molar-refractivity contribution in [3.05, 3.63) is 71.8 Å². The molecule has 5 aliphatic rings. The molecule has 0 N–H and O–H groups in total. The fraction of sp³-hybridized carbons (Fsp3) is 0.592. The van der Waals surface area contributed by atoms with E-state index in [1.165, 1.54) is 23.1 Å². The van der Waals surface area contributed by atoms with Crippen LogP contribution in [0.4, 0.5) is 0 Å². The minimum atomic E-state index is -0.737. The van der Waals surface area contributed by atoms with E-state index in [1.54, 1.807) is 13.0 Å². The lowest BCUT2D eigenvalue weighted by molar-refractivity contribution is -0.154. The first-order valence-corrected chi connectivity index (χ1v) is 21.1. The Kier molecular flexibility index (Phi) is 11.0. The summed E-state index contributed by atoms with van der Waals surface area (Å²) in [5.74, 6) is 0.385. The van der Waals surface area contributed by atoms with Crippen LogP contribution in [0.2, 0.25) is 0 Å². The van der Waals surface area contributed by atoms with Crippen molar-refractivity contribution in [2.75, 3.05) is 0 Å². The lowest BCUT2D eigenvalue weighted by atomic mass is 9.70. The third-order valence-corrected chi connectivity index (χ3v) is 13.8. The van der Waals surface area contributed by atoms with Gasteiger partial charge in [0, 0.05) is 35.0 Å². The van der Waals surface area contributed by atoms with Gasteiger partial charge in [-0.2, -0.15) is 0 Å². The Morgan fingerprint density at radius 3 is 2.33 bits per heavy atom. The summed E-state index contributed by atoms with van der Waals surface area (Å²) in [6.07, 6.45) is 13.5. The van der Waals surface area contributed by atoms with Gasteiger partial charge in [-0.3, -0.25) is 19.2 Å². The van der Waals surface area contributed by atoms with Crippen molar-refractivity contribution in [1.82, 2.24) is 0 Å². The van der Waals surface area contributed by atoms with E-state index in [-0.39, 0.29) is 48.2 Å². The number of carbonyl (C=O) groups is 4. The van der Waals surface area contributed by atoms with E-state index in [9.17, 15) is 19.2 Å². The summed E-state index contributed by atoms with van der Waals surface area (Å²) in [6, 6.07) is 10.9. The van der Waals surface area contributed by atoms with Gasteiger partial charge < -0.3 is 9.47 Å². The molecule has 0 amide bonds. The molecule has 2 aromatic rings. The quantitative estimate of drug-likeness (QED) is 0.126. The Labute approximate surface area is 328 Å². The molecule has 294 valence electrons. The number of fused-ring (bicyclic) bond motifs is 2. The molecule has 0 aromatic heterocycles. The van der Waals surface area contributed by atoms with E-state index in [1.807, 2.05) is 20.8 Å². The zero-order valence-corrected chi connectivity index (χ0v) is 34.2. The smallest absolute Gasteiger partial charge is 0.306 e. The summed E-state index contributed by atoms with van der Waals surface area (Å²) >= 11 is 0. The lowest BCUT2D eigenvalue weighted by Gasteiger charge is -2.32. The number of Topliss-reactive ketones (excluding diaryl/α,β-unsaturated/α-hetero) is 3. The lowest BCUT2D eigenvalue weighted by Crippen LogP contribution is -2.39. The maximum absolute atomic E-state index is 14.9. The number of ether oxygens (including phenoxy) is 2. The number of rotatable bonds is 16. The van der Waals surface area contributed by atoms with E-state index < -0.39 is 34.7 Å². The van der Waals surface area contributed by atoms with Crippen molar-refractivity contribution in [2.24, 2.45) is 52.3 Å². The van der Waals surface area contributed by atoms with Crippen molar-refractivity contribution in [3.63, 3.8) is 0 Å². The van der Waals surface area contributed by atoms with Crippen molar-refractivity contribution >= 4 is 39.7 Å². The van der Waals surface area contributed by atoms with Gasteiger partial charge in [0.1, 0.15) is 35.3 Å². The number of benzene rings is 2. The number of allylic oxidation sites excluding steroid dienone is 5. The van der Waals surface area contributed by atoms with Gasteiger partial charge in [0.05, 0.1) is 6.42 Å². The number of aryl methyl sites for hydroxylation is 1. The van der Waals surface area contributed by atoms with Crippen molar-refractivity contribution in [1.29, 1.82) is 0 Å². The zero-order valence-electron chi connectivity index (χ0n) is 34.2. The van der Waals surface area contributed by atoms with Gasteiger partial charge in [0.2, 0.25) is 0 Å². The Morgan fingerprint density at radius 2 is 1.69 bits per heavy atom. The molecule has 0 spiro atoms. The van der Waals surface area contributed by atoms with Crippen LogP contribution in [0.5, 0.6) is 5.75 Å². The number of hydrogen-bond acceptors (Lipinski definition) is 6. The van der Waals surface area contributed by atoms with Crippen molar-refractivity contribution in [3.8, 4) is 5.75 Å². The highest BCUT2D eigenvalue weighted by Gasteiger charge is 2.59. The summed E-state index contributed by atoms with van der Waals surface area (Å²) in [5, 5.41) is 2.11. The minimum absolute atomic E-state index is 0.000776. The molecule has 5 aliphatic carbocycles.